The topological polar surface area (TPSA) is 85.6 Å². The zero-order valence-electron chi connectivity index (χ0n) is 17.0. The molecule has 0 fully saturated rings. The van der Waals surface area contributed by atoms with Crippen LogP contribution in [0.2, 0.25) is 0 Å². The highest BCUT2D eigenvalue weighted by molar-refractivity contribution is 6.01. The molecule has 0 N–H and O–H groups in total. The first-order valence-corrected chi connectivity index (χ1v) is 9.74. The molecule has 0 unspecified atom stereocenters. The fourth-order valence-corrected chi connectivity index (χ4v) is 3.41. The average Bonchev–Trinajstić information content (AvgIpc) is 3.23. The molecule has 30 heavy (non-hydrogen) atoms. The van der Waals surface area contributed by atoms with Gasteiger partial charge in [-0.3, -0.25) is 4.79 Å². The number of hydrogen-bond acceptors (Lipinski definition) is 6. The molecule has 3 rings (SSSR count). The summed E-state index contributed by atoms with van der Waals surface area (Å²) in [5, 5.41) is 8.61. The van der Waals surface area contributed by atoms with Gasteiger partial charge in [-0.25, -0.2) is 4.79 Å². The van der Waals surface area contributed by atoms with Gasteiger partial charge in [0.25, 0.3) is 0 Å². The van der Waals surface area contributed by atoms with Crippen LogP contribution in [0, 0.1) is 11.3 Å². The molecular weight excluding hydrogens is 382 g/mol. The van der Waals surface area contributed by atoms with E-state index in [4.69, 9.17) is 19.5 Å². The lowest BCUT2D eigenvalue weighted by atomic mass is 10.0. The number of hydrogen-bond donors (Lipinski definition) is 0. The number of benzene rings is 2. The number of ether oxygens (including phenoxy) is 3. The highest BCUT2D eigenvalue weighted by atomic mass is 16.5. The number of methoxy groups -OCH3 is 1. The first-order valence-electron chi connectivity index (χ1n) is 9.74. The second-order valence-corrected chi connectivity index (χ2v) is 6.97. The third kappa shape index (κ3) is 5.06. The Morgan fingerprint density at radius 1 is 1.13 bits per heavy atom. The van der Waals surface area contributed by atoms with E-state index in [1.165, 1.54) is 24.3 Å². The summed E-state index contributed by atoms with van der Waals surface area (Å²) in [6, 6.07) is 12.6. The predicted molar refractivity (Wildman–Crippen MR) is 111 cm³/mol. The van der Waals surface area contributed by atoms with Gasteiger partial charge in [-0.2, -0.15) is 5.26 Å². The van der Waals surface area contributed by atoms with Crippen molar-refractivity contribution < 1.29 is 23.8 Å². The molecule has 1 aliphatic carbocycles. The molecule has 0 amide bonds. The Balaban J connectivity index is 1.61. The molecule has 2 aromatic rings. The molecule has 0 aliphatic heterocycles. The quantitative estimate of drug-likeness (QED) is 0.376. The van der Waals surface area contributed by atoms with Crippen LogP contribution >= 0.6 is 0 Å². The van der Waals surface area contributed by atoms with E-state index in [9.17, 15) is 9.59 Å². The Hall–Kier alpha value is -3.59. The Morgan fingerprint density at radius 2 is 1.93 bits per heavy atom. The lowest BCUT2D eigenvalue weighted by molar-refractivity contribution is -0.140. The van der Waals surface area contributed by atoms with Crippen LogP contribution in [0.1, 0.15) is 40.4 Å². The Labute approximate surface area is 175 Å². The normalized spacial score (nSPS) is 13.4. The molecule has 0 spiro atoms. The number of rotatable bonds is 8. The third-order valence-corrected chi connectivity index (χ3v) is 4.94. The van der Waals surface area contributed by atoms with E-state index in [0.29, 0.717) is 22.6 Å². The smallest absolute Gasteiger partial charge is 0.331 e. The summed E-state index contributed by atoms with van der Waals surface area (Å²) in [6.45, 7) is 1.49. The summed E-state index contributed by atoms with van der Waals surface area (Å²) in [4.78, 5) is 24.8. The van der Waals surface area contributed by atoms with Crippen LogP contribution in [0.3, 0.4) is 0 Å². The first-order chi connectivity index (χ1) is 14.5. The molecular formula is C24H23NO5. The summed E-state index contributed by atoms with van der Waals surface area (Å²) in [6.07, 6.45) is 5.09. The number of fused-ring (bicyclic) bond motifs is 1. The van der Waals surface area contributed by atoms with E-state index in [0.717, 1.165) is 19.3 Å². The zero-order valence-corrected chi connectivity index (χ0v) is 17.0. The maximum atomic E-state index is 12.6. The molecule has 6 heteroatoms. The minimum absolute atomic E-state index is 0.0893. The number of ketones is 1. The number of nitriles is 1. The third-order valence-electron chi connectivity index (χ3n) is 4.94. The van der Waals surface area contributed by atoms with Gasteiger partial charge in [-0.1, -0.05) is 18.2 Å². The van der Waals surface area contributed by atoms with Crippen molar-refractivity contribution in [2.24, 2.45) is 0 Å². The standard InChI is InChI=1S/C24H23NO5/c1-16(24(27)20-9-8-18-4-3-5-19(18)15-20)30-23(26)11-7-17-6-10-21(29-13-12-25)22(14-17)28-2/h6-11,14-16H,3-5,13H2,1-2H3/b11-7+/t16-/m1/s1. The molecule has 0 aromatic heterocycles. The minimum Gasteiger partial charge on any atom is -0.493 e. The van der Waals surface area contributed by atoms with Crippen LogP contribution in [0.25, 0.3) is 6.08 Å². The number of esters is 1. The van der Waals surface area contributed by atoms with Gasteiger partial charge >= 0.3 is 5.97 Å². The van der Waals surface area contributed by atoms with E-state index < -0.39 is 12.1 Å². The fourth-order valence-electron chi connectivity index (χ4n) is 3.41. The van der Waals surface area contributed by atoms with Gasteiger partial charge in [0.2, 0.25) is 5.78 Å². The van der Waals surface area contributed by atoms with Crippen molar-refractivity contribution in [1.29, 1.82) is 5.26 Å². The number of nitrogens with zero attached hydrogens (tertiary/aromatic N) is 1. The van der Waals surface area contributed by atoms with Crippen LogP contribution in [0.4, 0.5) is 0 Å². The molecule has 1 atom stereocenters. The van der Waals surface area contributed by atoms with Crippen molar-refractivity contribution in [2.75, 3.05) is 13.7 Å². The van der Waals surface area contributed by atoms with Gasteiger partial charge in [0.05, 0.1) is 7.11 Å². The Morgan fingerprint density at radius 3 is 2.70 bits per heavy atom. The van der Waals surface area contributed by atoms with Crippen molar-refractivity contribution in [1.82, 2.24) is 0 Å². The number of Topliss-reactive ketones (excluding diaryl/α,β-unsaturated/α-hetero) is 1. The molecule has 0 heterocycles. The van der Waals surface area contributed by atoms with E-state index in [-0.39, 0.29) is 12.4 Å². The summed E-state index contributed by atoms with van der Waals surface area (Å²) < 4.78 is 15.8. The van der Waals surface area contributed by atoms with Crippen LogP contribution in [-0.4, -0.2) is 31.6 Å². The Bertz CT molecular complexity index is 1020. The van der Waals surface area contributed by atoms with Gasteiger partial charge in [-0.15, -0.1) is 0 Å². The lowest BCUT2D eigenvalue weighted by Gasteiger charge is -2.12. The summed E-state index contributed by atoms with van der Waals surface area (Å²) in [5.74, 6) is 0.0566. The fraction of sp³-hybridized carbons (Fsp3) is 0.292. The molecule has 0 bridgehead atoms. The summed E-state index contributed by atoms with van der Waals surface area (Å²) in [5.41, 5.74) is 3.75. The van der Waals surface area contributed by atoms with Gasteiger partial charge in [0.15, 0.2) is 24.2 Å². The maximum absolute atomic E-state index is 12.6. The molecule has 2 aromatic carbocycles. The number of carbonyl (C=O) groups is 2. The molecule has 154 valence electrons. The lowest BCUT2D eigenvalue weighted by Crippen LogP contribution is -2.23. The van der Waals surface area contributed by atoms with E-state index >= 15 is 0 Å². The molecule has 6 nitrogen and oxygen atoms in total. The second kappa shape index (κ2) is 9.75. The summed E-state index contributed by atoms with van der Waals surface area (Å²) in [7, 11) is 1.49. The number of carbonyl (C=O) groups excluding carboxylic acids is 2. The van der Waals surface area contributed by atoms with Gasteiger partial charge in [0.1, 0.15) is 6.07 Å². The van der Waals surface area contributed by atoms with Crippen LogP contribution < -0.4 is 9.47 Å². The van der Waals surface area contributed by atoms with Crippen LogP contribution in [-0.2, 0) is 22.4 Å². The second-order valence-electron chi connectivity index (χ2n) is 6.97. The van der Waals surface area contributed by atoms with Crippen molar-refractivity contribution >= 4 is 17.8 Å². The maximum Gasteiger partial charge on any atom is 0.331 e. The van der Waals surface area contributed by atoms with Gasteiger partial charge in [-0.05, 0) is 67.2 Å². The van der Waals surface area contributed by atoms with E-state index in [2.05, 4.69) is 0 Å². The monoisotopic (exact) mass is 405 g/mol. The van der Waals surface area contributed by atoms with Gasteiger partial charge < -0.3 is 14.2 Å². The molecule has 0 saturated heterocycles. The highest BCUT2D eigenvalue weighted by Gasteiger charge is 2.20. The van der Waals surface area contributed by atoms with E-state index in [1.54, 1.807) is 37.3 Å². The largest absolute Gasteiger partial charge is 0.493 e. The SMILES string of the molecule is COc1cc(/C=C/C(=O)O[C@H](C)C(=O)c2ccc3c(c2)CCC3)ccc1OCC#N. The van der Waals surface area contributed by atoms with Crippen molar-refractivity contribution in [2.45, 2.75) is 32.3 Å². The minimum atomic E-state index is -0.877. The van der Waals surface area contributed by atoms with Crippen molar-refractivity contribution in [3.05, 3.63) is 64.7 Å². The average molecular weight is 405 g/mol. The van der Waals surface area contributed by atoms with Crippen LogP contribution in [0.5, 0.6) is 11.5 Å². The molecule has 0 saturated carbocycles. The summed E-state index contributed by atoms with van der Waals surface area (Å²) >= 11 is 0. The number of aryl methyl sites for hydroxylation is 2. The van der Waals surface area contributed by atoms with Crippen molar-refractivity contribution in [3.8, 4) is 17.6 Å². The van der Waals surface area contributed by atoms with Gasteiger partial charge in [0, 0.05) is 11.6 Å². The highest BCUT2D eigenvalue weighted by Crippen LogP contribution is 2.28. The Kier molecular flexibility index (Phi) is 6.87. The van der Waals surface area contributed by atoms with Crippen LogP contribution in [0.15, 0.2) is 42.5 Å². The zero-order chi connectivity index (χ0) is 21.5. The predicted octanol–water partition coefficient (Wildman–Crippen LogP) is 3.91. The molecule has 0 radical (unpaired) electrons. The molecule has 1 aliphatic rings. The van der Waals surface area contributed by atoms with Crippen molar-refractivity contribution in [3.63, 3.8) is 0 Å². The van der Waals surface area contributed by atoms with E-state index in [1.807, 2.05) is 18.2 Å². The first kappa shape index (κ1) is 21.1.